The third-order valence-corrected chi connectivity index (χ3v) is 3.33. The minimum absolute atomic E-state index is 0.416. The lowest BCUT2D eigenvalue weighted by atomic mass is 9.98. The molecule has 5 atom stereocenters. The molecule has 1 aromatic heterocycles. The highest BCUT2D eigenvalue weighted by molar-refractivity contribution is 5.17. The van der Waals surface area contributed by atoms with Gasteiger partial charge in [-0.25, -0.2) is 0 Å². The maximum absolute atomic E-state index is 9.97. The zero-order valence-corrected chi connectivity index (χ0v) is 10.4. The number of ether oxygens (including phenoxy) is 1. The number of aliphatic hydroxyl groups excluding tert-OH is 4. The predicted octanol–water partition coefficient (Wildman–Crippen LogP) is -0.923. The Morgan fingerprint density at radius 1 is 1.17 bits per heavy atom. The summed E-state index contributed by atoms with van der Waals surface area (Å²) in [6, 6.07) is 1.92. The Labute approximate surface area is 105 Å². The smallest absolute Gasteiger partial charge is 0.163 e. The van der Waals surface area contributed by atoms with Gasteiger partial charge in [0, 0.05) is 11.9 Å². The van der Waals surface area contributed by atoms with Crippen LogP contribution in [-0.4, -0.2) is 56.0 Å². The number of hydrogen-bond donors (Lipinski definition) is 4. The van der Waals surface area contributed by atoms with Crippen LogP contribution in [0.1, 0.15) is 17.5 Å². The molecule has 1 aliphatic rings. The molecule has 6 nitrogen and oxygen atoms in total. The fraction of sp³-hybridized carbons (Fsp3) is 0.667. The summed E-state index contributed by atoms with van der Waals surface area (Å²) in [7, 11) is 0. The highest BCUT2D eigenvalue weighted by Gasteiger charge is 2.44. The van der Waals surface area contributed by atoms with Crippen LogP contribution < -0.4 is 0 Å². The van der Waals surface area contributed by atoms with Crippen molar-refractivity contribution in [3.8, 4) is 0 Å². The van der Waals surface area contributed by atoms with E-state index in [1.54, 1.807) is 10.8 Å². The first-order valence-electron chi connectivity index (χ1n) is 5.91. The SMILES string of the molecule is Cc1cc(C)n(C2O[C@H](CO)[C@@H](O)[C@H](O)[C@@H]2O)c1. The number of aliphatic hydroxyl groups is 4. The summed E-state index contributed by atoms with van der Waals surface area (Å²) in [6.45, 7) is 3.35. The Morgan fingerprint density at radius 3 is 2.33 bits per heavy atom. The first-order valence-corrected chi connectivity index (χ1v) is 5.91. The summed E-state index contributed by atoms with van der Waals surface area (Å²) in [5.41, 5.74) is 1.88. The highest BCUT2D eigenvalue weighted by atomic mass is 16.6. The lowest BCUT2D eigenvalue weighted by Gasteiger charge is -2.40. The first-order chi connectivity index (χ1) is 8.45. The molecule has 1 fully saturated rings. The van der Waals surface area contributed by atoms with E-state index in [0.717, 1.165) is 11.3 Å². The van der Waals surface area contributed by atoms with E-state index in [0.29, 0.717) is 0 Å². The molecule has 2 heterocycles. The molecule has 18 heavy (non-hydrogen) atoms. The van der Waals surface area contributed by atoms with Crippen molar-refractivity contribution in [2.45, 2.75) is 44.5 Å². The molecule has 4 N–H and O–H groups in total. The van der Waals surface area contributed by atoms with E-state index in [1.807, 2.05) is 19.9 Å². The molecule has 0 spiro atoms. The van der Waals surface area contributed by atoms with Crippen molar-refractivity contribution in [3.05, 3.63) is 23.5 Å². The summed E-state index contributed by atoms with van der Waals surface area (Å²) in [6.07, 6.45) is -3.80. The lowest BCUT2D eigenvalue weighted by Crippen LogP contribution is -2.56. The zero-order chi connectivity index (χ0) is 13.4. The molecular formula is C12H19NO5. The second-order valence-electron chi connectivity index (χ2n) is 4.79. The minimum Gasteiger partial charge on any atom is -0.394 e. The standard InChI is InChI=1S/C12H19NO5/c1-6-3-7(2)13(4-6)12-11(17)10(16)9(15)8(5-14)18-12/h3-4,8-12,14-17H,5H2,1-2H3/t8-,9-,10+,11+,12?/m1/s1. The quantitative estimate of drug-likeness (QED) is 0.549. The van der Waals surface area contributed by atoms with Crippen LogP contribution in [0.2, 0.25) is 0 Å². The molecule has 0 radical (unpaired) electrons. The zero-order valence-electron chi connectivity index (χ0n) is 10.4. The van der Waals surface area contributed by atoms with Crippen LogP contribution in [0, 0.1) is 13.8 Å². The van der Waals surface area contributed by atoms with E-state index in [9.17, 15) is 15.3 Å². The van der Waals surface area contributed by atoms with Crippen molar-refractivity contribution in [2.75, 3.05) is 6.61 Å². The molecule has 0 amide bonds. The Kier molecular flexibility index (Phi) is 3.74. The van der Waals surface area contributed by atoms with Crippen LogP contribution >= 0.6 is 0 Å². The average Bonchev–Trinajstić information content (AvgIpc) is 2.66. The Bertz CT molecular complexity index is 417. The lowest BCUT2D eigenvalue weighted by molar-refractivity contribution is -0.251. The van der Waals surface area contributed by atoms with Gasteiger partial charge in [0.2, 0.25) is 0 Å². The number of nitrogens with zero attached hydrogens (tertiary/aromatic N) is 1. The Balaban J connectivity index is 2.29. The van der Waals surface area contributed by atoms with Gasteiger partial charge in [-0.2, -0.15) is 0 Å². The summed E-state index contributed by atoms with van der Waals surface area (Å²) in [4.78, 5) is 0. The maximum Gasteiger partial charge on any atom is 0.163 e. The highest BCUT2D eigenvalue weighted by Crippen LogP contribution is 2.29. The van der Waals surface area contributed by atoms with Gasteiger partial charge in [0.25, 0.3) is 0 Å². The molecule has 102 valence electrons. The van der Waals surface area contributed by atoms with Crippen molar-refractivity contribution in [1.82, 2.24) is 4.57 Å². The van der Waals surface area contributed by atoms with Gasteiger partial charge < -0.3 is 29.7 Å². The molecule has 0 bridgehead atoms. The Morgan fingerprint density at radius 2 is 1.83 bits per heavy atom. The maximum atomic E-state index is 9.97. The van der Waals surface area contributed by atoms with Gasteiger partial charge in [-0.1, -0.05) is 0 Å². The molecule has 0 aliphatic carbocycles. The van der Waals surface area contributed by atoms with Gasteiger partial charge in [0.15, 0.2) is 6.23 Å². The molecule has 1 saturated heterocycles. The van der Waals surface area contributed by atoms with Crippen molar-refractivity contribution in [3.63, 3.8) is 0 Å². The van der Waals surface area contributed by atoms with Crippen LogP contribution in [0.5, 0.6) is 0 Å². The largest absolute Gasteiger partial charge is 0.394 e. The molecule has 1 aromatic rings. The molecular weight excluding hydrogens is 238 g/mol. The van der Waals surface area contributed by atoms with E-state index in [2.05, 4.69) is 0 Å². The third-order valence-electron chi connectivity index (χ3n) is 3.33. The molecule has 1 aliphatic heterocycles. The average molecular weight is 257 g/mol. The van der Waals surface area contributed by atoms with Gasteiger partial charge in [0.05, 0.1) is 6.61 Å². The topological polar surface area (TPSA) is 95.1 Å². The van der Waals surface area contributed by atoms with Crippen LogP contribution in [0.15, 0.2) is 12.3 Å². The third kappa shape index (κ3) is 2.17. The van der Waals surface area contributed by atoms with Gasteiger partial charge in [-0.15, -0.1) is 0 Å². The van der Waals surface area contributed by atoms with E-state index < -0.39 is 37.3 Å². The van der Waals surface area contributed by atoms with Crippen molar-refractivity contribution in [2.24, 2.45) is 0 Å². The van der Waals surface area contributed by atoms with Gasteiger partial charge >= 0.3 is 0 Å². The van der Waals surface area contributed by atoms with Gasteiger partial charge in [-0.05, 0) is 25.5 Å². The predicted molar refractivity (Wildman–Crippen MR) is 62.9 cm³/mol. The normalized spacial score (nSPS) is 36.9. The Hall–Kier alpha value is -0.920. The van der Waals surface area contributed by atoms with Crippen molar-refractivity contribution in [1.29, 1.82) is 0 Å². The monoisotopic (exact) mass is 257 g/mol. The fourth-order valence-corrected chi connectivity index (χ4v) is 2.35. The first kappa shape index (κ1) is 13.5. The summed E-state index contributed by atoms with van der Waals surface area (Å²) in [5, 5.41) is 38.5. The molecule has 1 unspecified atom stereocenters. The van der Waals surface area contributed by atoms with E-state index >= 15 is 0 Å². The number of aryl methyl sites for hydroxylation is 2. The number of hydrogen-bond acceptors (Lipinski definition) is 5. The van der Waals surface area contributed by atoms with Crippen molar-refractivity contribution >= 4 is 0 Å². The molecule has 2 rings (SSSR count). The van der Waals surface area contributed by atoms with Gasteiger partial charge in [0.1, 0.15) is 24.4 Å². The van der Waals surface area contributed by atoms with Crippen molar-refractivity contribution < 1.29 is 25.2 Å². The van der Waals surface area contributed by atoms with Gasteiger partial charge in [-0.3, -0.25) is 0 Å². The van der Waals surface area contributed by atoms with E-state index in [1.165, 1.54) is 0 Å². The fourth-order valence-electron chi connectivity index (χ4n) is 2.35. The number of aromatic nitrogens is 1. The van der Waals surface area contributed by atoms with Crippen LogP contribution in [0.25, 0.3) is 0 Å². The molecule has 0 aromatic carbocycles. The summed E-state index contributed by atoms with van der Waals surface area (Å²) in [5.74, 6) is 0. The minimum atomic E-state index is -1.34. The van der Waals surface area contributed by atoms with Crippen LogP contribution in [0.4, 0.5) is 0 Å². The second kappa shape index (κ2) is 4.99. The molecule has 6 heteroatoms. The molecule has 0 saturated carbocycles. The van der Waals surface area contributed by atoms with E-state index in [-0.39, 0.29) is 0 Å². The number of rotatable bonds is 2. The van der Waals surface area contributed by atoms with E-state index in [4.69, 9.17) is 9.84 Å². The summed E-state index contributed by atoms with van der Waals surface area (Å²) < 4.78 is 7.16. The second-order valence-corrected chi connectivity index (χ2v) is 4.79. The van der Waals surface area contributed by atoms with Crippen LogP contribution in [-0.2, 0) is 4.74 Å². The summed E-state index contributed by atoms with van der Waals surface area (Å²) >= 11 is 0. The van der Waals surface area contributed by atoms with Crippen LogP contribution in [0.3, 0.4) is 0 Å².